The van der Waals surface area contributed by atoms with Gasteiger partial charge in [0.15, 0.2) is 5.17 Å². The molecule has 1 amide bonds. The normalized spacial score (nSPS) is 19.1. The van der Waals surface area contributed by atoms with Crippen LogP contribution in [0, 0.1) is 0 Å². The molecule has 0 aliphatic carbocycles. The summed E-state index contributed by atoms with van der Waals surface area (Å²) in [5.41, 5.74) is 1.90. The Balaban J connectivity index is 1.80. The molecule has 25 heavy (non-hydrogen) atoms. The van der Waals surface area contributed by atoms with Crippen LogP contribution in [0.5, 0.6) is 5.75 Å². The predicted molar refractivity (Wildman–Crippen MR) is 102 cm³/mol. The Labute approximate surface area is 151 Å². The van der Waals surface area contributed by atoms with Crippen LogP contribution in [-0.4, -0.2) is 34.5 Å². The fraction of sp³-hybridized carbons (Fsp3) is 0.211. The van der Waals surface area contributed by atoms with Crippen molar-refractivity contribution in [2.45, 2.75) is 18.7 Å². The van der Waals surface area contributed by atoms with E-state index in [4.69, 9.17) is 4.74 Å². The fourth-order valence-electron chi connectivity index (χ4n) is 2.49. The zero-order chi connectivity index (χ0) is 17.6. The van der Waals surface area contributed by atoms with E-state index < -0.39 is 0 Å². The van der Waals surface area contributed by atoms with Crippen molar-refractivity contribution in [1.29, 1.82) is 0 Å². The molecule has 0 N–H and O–H groups in total. The molecule has 1 aliphatic heterocycles. The summed E-state index contributed by atoms with van der Waals surface area (Å²) in [6.45, 7) is 2.39. The average molecular weight is 353 g/mol. The molecule has 0 radical (unpaired) electrons. The topological polar surface area (TPSA) is 54.3 Å². The summed E-state index contributed by atoms with van der Waals surface area (Å²) in [7, 11) is 1.62. The second kappa shape index (κ2) is 7.98. The number of rotatable bonds is 5. The van der Waals surface area contributed by atoms with Gasteiger partial charge < -0.3 is 4.74 Å². The number of nitrogens with zero attached hydrogens (tertiary/aromatic N) is 3. The molecule has 1 aliphatic rings. The van der Waals surface area contributed by atoms with Gasteiger partial charge in [-0.2, -0.15) is 5.10 Å². The second-order valence-electron chi connectivity index (χ2n) is 5.54. The highest BCUT2D eigenvalue weighted by molar-refractivity contribution is 8.15. The molecule has 2 aromatic carbocycles. The van der Waals surface area contributed by atoms with Crippen LogP contribution in [0.1, 0.15) is 18.1 Å². The summed E-state index contributed by atoms with van der Waals surface area (Å²) in [4.78, 5) is 14.1. The molecule has 0 aromatic heterocycles. The third-order valence-corrected chi connectivity index (χ3v) is 4.86. The second-order valence-corrected chi connectivity index (χ2v) is 6.85. The molecule has 1 unspecified atom stereocenters. The molecule has 128 valence electrons. The maximum absolute atomic E-state index is 12.4. The number of para-hydroxylation sites is 1. The minimum absolute atomic E-state index is 0.0556. The van der Waals surface area contributed by atoms with Gasteiger partial charge in [0, 0.05) is 5.56 Å². The van der Waals surface area contributed by atoms with E-state index in [1.807, 2.05) is 61.5 Å². The lowest BCUT2D eigenvalue weighted by Gasteiger charge is -2.15. The zero-order valence-electron chi connectivity index (χ0n) is 14.1. The highest BCUT2D eigenvalue weighted by Gasteiger charge is 2.35. The molecule has 0 spiro atoms. The molecular formula is C19H19N3O2S. The molecule has 2 aromatic rings. The van der Waals surface area contributed by atoms with E-state index >= 15 is 0 Å². The number of hydrogen-bond acceptors (Lipinski definition) is 5. The van der Waals surface area contributed by atoms with E-state index in [-0.39, 0.29) is 11.2 Å². The molecular weight excluding hydrogens is 334 g/mol. The van der Waals surface area contributed by atoms with Gasteiger partial charge in [0.05, 0.1) is 25.1 Å². The van der Waals surface area contributed by atoms with E-state index in [2.05, 4.69) is 10.2 Å². The maximum atomic E-state index is 12.4. The number of thioether (sulfide) groups is 1. The number of amides is 1. The van der Waals surface area contributed by atoms with Crippen molar-refractivity contribution in [2.75, 3.05) is 7.11 Å². The molecule has 6 heteroatoms. The van der Waals surface area contributed by atoms with Crippen molar-refractivity contribution >= 4 is 29.1 Å². The summed E-state index contributed by atoms with van der Waals surface area (Å²) in [5, 5.41) is 8.90. The Hall–Kier alpha value is -2.60. The lowest BCUT2D eigenvalue weighted by Crippen LogP contribution is -2.30. The van der Waals surface area contributed by atoms with Gasteiger partial charge in [0.25, 0.3) is 0 Å². The van der Waals surface area contributed by atoms with E-state index in [9.17, 15) is 4.79 Å². The number of benzene rings is 2. The predicted octanol–water partition coefficient (Wildman–Crippen LogP) is 3.55. The van der Waals surface area contributed by atoms with Crippen LogP contribution in [0.3, 0.4) is 0 Å². The third-order valence-electron chi connectivity index (χ3n) is 3.79. The molecule has 1 heterocycles. The molecule has 0 bridgehead atoms. The molecule has 3 rings (SSSR count). The summed E-state index contributed by atoms with van der Waals surface area (Å²) < 4.78 is 5.29. The van der Waals surface area contributed by atoms with Crippen LogP contribution in [0.2, 0.25) is 0 Å². The van der Waals surface area contributed by atoms with E-state index in [1.165, 1.54) is 11.8 Å². The third kappa shape index (κ3) is 4.09. The van der Waals surface area contributed by atoms with Gasteiger partial charge in [0.2, 0.25) is 5.91 Å². The van der Waals surface area contributed by atoms with Crippen LogP contribution >= 0.6 is 11.8 Å². The minimum atomic E-state index is -0.149. The van der Waals surface area contributed by atoms with Gasteiger partial charge in [-0.3, -0.25) is 9.69 Å². The van der Waals surface area contributed by atoms with Crippen molar-refractivity contribution in [3.05, 3.63) is 65.7 Å². The van der Waals surface area contributed by atoms with Gasteiger partial charge in [0.1, 0.15) is 5.75 Å². The largest absolute Gasteiger partial charge is 0.496 e. The fourth-order valence-corrected chi connectivity index (χ4v) is 3.41. The number of ether oxygens (including phenoxy) is 1. The Kier molecular flexibility index (Phi) is 5.50. The standard InChI is InChI=1S/C19H19N3O2S/c1-14-18(23)22(13-15-8-4-3-5-9-15)19(25-14)21-20-12-16-10-6-7-11-17(16)24-2/h3-12,14H,13H2,1-2H3/b20-12+,21-19-. The Bertz CT molecular complexity index is 805. The Morgan fingerprint density at radius 2 is 1.88 bits per heavy atom. The Morgan fingerprint density at radius 3 is 2.64 bits per heavy atom. The van der Waals surface area contributed by atoms with Crippen molar-refractivity contribution in [2.24, 2.45) is 10.2 Å². The quantitative estimate of drug-likeness (QED) is 0.610. The van der Waals surface area contributed by atoms with Gasteiger partial charge in [-0.05, 0) is 24.6 Å². The molecule has 1 atom stereocenters. The van der Waals surface area contributed by atoms with Crippen LogP contribution in [0.4, 0.5) is 0 Å². The Morgan fingerprint density at radius 1 is 1.16 bits per heavy atom. The summed E-state index contributed by atoms with van der Waals surface area (Å²) >= 11 is 1.43. The first-order chi connectivity index (χ1) is 12.2. The van der Waals surface area contributed by atoms with E-state index in [0.29, 0.717) is 11.7 Å². The van der Waals surface area contributed by atoms with Crippen molar-refractivity contribution < 1.29 is 9.53 Å². The van der Waals surface area contributed by atoms with Crippen molar-refractivity contribution in [1.82, 2.24) is 4.90 Å². The minimum Gasteiger partial charge on any atom is -0.496 e. The number of carbonyl (C=O) groups excluding carboxylic acids is 1. The SMILES string of the molecule is COc1ccccc1/C=N/N=C1\SC(C)C(=O)N1Cc1ccccc1. The zero-order valence-corrected chi connectivity index (χ0v) is 14.9. The first kappa shape index (κ1) is 17.2. The average Bonchev–Trinajstić information content (AvgIpc) is 2.91. The van der Waals surface area contributed by atoms with Gasteiger partial charge >= 0.3 is 0 Å². The van der Waals surface area contributed by atoms with Crippen molar-refractivity contribution in [3.63, 3.8) is 0 Å². The van der Waals surface area contributed by atoms with E-state index in [0.717, 1.165) is 16.9 Å². The van der Waals surface area contributed by atoms with Crippen LogP contribution in [-0.2, 0) is 11.3 Å². The number of hydrogen-bond donors (Lipinski definition) is 0. The number of methoxy groups -OCH3 is 1. The highest BCUT2D eigenvalue weighted by atomic mass is 32.2. The molecule has 5 nitrogen and oxygen atoms in total. The van der Waals surface area contributed by atoms with Crippen LogP contribution < -0.4 is 4.74 Å². The molecule has 0 saturated carbocycles. The summed E-state index contributed by atoms with van der Waals surface area (Å²) in [5.74, 6) is 0.788. The number of carbonyl (C=O) groups is 1. The highest BCUT2D eigenvalue weighted by Crippen LogP contribution is 2.28. The molecule has 1 saturated heterocycles. The van der Waals surface area contributed by atoms with Crippen molar-refractivity contribution in [3.8, 4) is 5.75 Å². The van der Waals surface area contributed by atoms with Gasteiger partial charge in [-0.15, -0.1) is 5.10 Å². The number of amidine groups is 1. The lowest BCUT2D eigenvalue weighted by atomic mass is 10.2. The van der Waals surface area contributed by atoms with Gasteiger partial charge in [-0.25, -0.2) is 0 Å². The molecule has 1 fully saturated rings. The van der Waals surface area contributed by atoms with Gasteiger partial charge in [-0.1, -0.05) is 54.2 Å². The monoisotopic (exact) mass is 353 g/mol. The smallest absolute Gasteiger partial charge is 0.242 e. The summed E-state index contributed by atoms with van der Waals surface area (Å²) in [6.07, 6.45) is 1.64. The lowest BCUT2D eigenvalue weighted by molar-refractivity contribution is -0.126. The van der Waals surface area contributed by atoms with Crippen LogP contribution in [0.25, 0.3) is 0 Å². The first-order valence-corrected chi connectivity index (χ1v) is 8.83. The first-order valence-electron chi connectivity index (χ1n) is 7.95. The summed E-state index contributed by atoms with van der Waals surface area (Å²) in [6, 6.07) is 17.5. The van der Waals surface area contributed by atoms with Crippen LogP contribution in [0.15, 0.2) is 64.8 Å². The van der Waals surface area contributed by atoms with E-state index in [1.54, 1.807) is 18.2 Å². The maximum Gasteiger partial charge on any atom is 0.242 e.